The van der Waals surface area contributed by atoms with Crippen molar-refractivity contribution in [3.8, 4) is 0 Å². The lowest BCUT2D eigenvalue weighted by Crippen LogP contribution is -2.48. The second kappa shape index (κ2) is 6.92. The predicted octanol–water partition coefficient (Wildman–Crippen LogP) is 2.22. The second-order valence-corrected chi connectivity index (χ2v) is 7.55. The Labute approximate surface area is 156 Å². The first kappa shape index (κ1) is 17.4. The van der Waals surface area contributed by atoms with Crippen LogP contribution in [0.2, 0.25) is 0 Å². The first-order chi connectivity index (χ1) is 12.6. The van der Waals surface area contributed by atoms with Crippen LogP contribution in [0, 0.1) is 0 Å². The molecule has 0 saturated carbocycles. The number of ether oxygens (including phenoxy) is 1. The number of fused-ring (bicyclic) bond motifs is 2. The molecule has 4 rings (SSSR count). The highest BCUT2D eigenvalue weighted by molar-refractivity contribution is 7.97. The van der Waals surface area contributed by atoms with Crippen LogP contribution in [0.25, 0.3) is 0 Å². The van der Waals surface area contributed by atoms with E-state index < -0.39 is 5.60 Å². The Hall–Kier alpha value is -2.06. The summed E-state index contributed by atoms with van der Waals surface area (Å²) in [7, 11) is 0. The van der Waals surface area contributed by atoms with Gasteiger partial charge in [-0.15, -0.1) is 0 Å². The molecule has 0 aliphatic carbocycles. The van der Waals surface area contributed by atoms with Gasteiger partial charge in [-0.1, -0.05) is 0 Å². The molecule has 0 bridgehead atoms. The van der Waals surface area contributed by atoms with Crippen LogP contribution >= 0.6 is 11.8 Å². The van der Waals surface area contributed by atoms with Gasteiger partial charge in [-0.3, -0.25) is 4.79 Å². The Morgan fingerprint density at radius 3 is 2.96 bits per heavy atom. The van der Waals surface area contributed by atoms with Crippen molar-refractivity contribution in [2.24, 2.45) is 0 Å². The van der Waals surface area contributed by atoms with Gasteiger partial charge in [0.15, 0.2) is 5.76 Å². The van der Waals surface area contributed by atoms with Gasteiger partial charge in [-0.05, 0) is 43.2 Å². The highest BCUT2D eigenvalue weighted by atomic mass is 32.2. The molecule has 138 valence electrons. The molecule has 1 amide bonds. The summed E-state index contributed by atoms with van der Waals surface area (Å²) in [4.78, 5) is 23.1. The maximum absolute atomic E-state index is 12.7. The minimum absolute atomic E-state index is 0.0644. The van der Waals surface area contributed by atoms with Crippen molar-refractivity contribution in [1.29, 1.82) is 0 Å². The molecule has 7 nitrogen and oxygen atoms in total. The van der Waals surface area contributed by atoms with E-state index in [-0.39, 0.29) is 11.9 Å². The SMILES string of the molecule is CSCc1ccc(C(=O)N2CCC3(CC2)OCCc2cnc(N)nc23)o1. The van der Waals surface area contributed by atoms with E-state index in [0.717, 1.165) is 29.2 Å². The van der Waals surface area contributed by atoms with Crippen LogP contribution in [0.15, 0.2) is 22.7 Å². The zero-order chi connectivity index (χ0) is 18.1. The fourth-order valence-electron chi connectivity index (χ4n) is 3.74. The van der Waals surface area contributed by atoms with Crippen LogP contribution in [0.4, 0.5) is 5.95 Å². The number of nitrogens with zero attached hydrogens (tertiary/aromatic N) is 3. The van der Waals surface area contributed by atoms with Crippen LogP contribution in [0.5, 0.6) is 0 Å². The molecule has 2 aromatic rings. The van der Waals surface area contributed by atoms with E-state index in [1.807, 2.05) is 17.2 Å². The number of carbonyl (C=O) groups excluding carboxylic acids is 1. The van der Waals surface area contributed by atoms with Crippen molar-refractivity contribution in [3.05, 3.63) is 41.1 Å². The number of thioether (sulfide) groups is 1. The normalized spacial score (nSPS) is 18.7. The topological polar surface area (TPSA) is 94.5 Å². The summed E-state index contributed by atoms with van der Waals surface area (Å²) in [6, 6.07) is 3.63. The summed E-state index contributed by atoms with van der Waals surface area (Å²) >= 11 is 1.67. The Morgan fingerprint density at radius 2 is 2.19 bits per heavy atom. The lowest BCUT2D eigenvalue weighted by atomic mass is 9.83. The smallest absolute Gasteiger partial charge is 0.289 e. The number of piperidine rings is 1. The van der Waals surface area contributed by atoms with Crippen LogP contribution in [0.3, 0.4) is 0 Å². The Kier molecular flexibility index (Phi) is 4.62. The van der Waals surface area contributed by atoms with Crippen molar-refractivity contribution >= 4 is 23.6 Å². The molecule has 2 N–H and O–H groups in total. The lowest BCUT2D eigenvalue weighted by molar-refractivity contribution is -0.0968. The zero-order valence-electron chi connectivity index (χ0n) is 14.7. The lowest BCUT2D eigenvalue weighted by Gasteiger charge is -2.43. The average Bonchev–Trinajstić information content (AvgIpc) is 3.12. The van der Waals surface area contributed by atoms with E-state index in [9.17, 15) is 4.79 Å². The number of nitrogens with two attached hydrogens (primary N) is 1. The Bertz CT molecular complexity index is 815. The van der Waals surface area contributed by atoms with Gasteiger partial charge in [0.25, 0.3) is 5.91 Å². The molecule has 2 aromatic heterocycles. The maximum Gasteiger partial charge on any atom is 0.289 e. The highest BCUT2D eigenvalue weighted by Crippen LogP contribution is 2.40. The summed E-state index contributed by atoms with van der Waals surface area (Å²) in [5, 5.41) is 0. The Balaban J connectivity index is 1.49. The Morgan fingerprint density at radius 1 is 1.38 bits per heavy atom. The van der Waals surface area contributed by atoms with Crippen LogP contribution in [-0.4, -0.2) is 46.7 Å². The molecule has 1 saturated heterocycles. The molecule has 26 heavy (non-hydrogen) atoms. The van der Waals surface area contributed by atoms with Crippen LogP contribution in [-0.2, 0) is 22.5 Å². The second-order valence-electron chi connectivity index (χ2n) is 6.69. The predicted molar refractivity (Wildman–Crippen MR) is 98.8 cm³/mol. The monoisotopic (exact) mass is 374 g/mol. The van der Waals surface area contributed by atoms with Crippen molar-refractivity contribution in [2.75, 3.05) is 31.7 Å². The highest BCUT2D eigenvalue weighted by Gasteiger charge is 2.43. The van der Waals surface area contributed by atoms with Gasteiger partial charge >= 0.3 is 0 Å². The number of nitrogen functional groups attached to an aromatic ring is 1. The summed E-state index contributed by atoms with van der Waals surface area (Å²) in [6.45, 7) is 1.84. The van der Waals surface area contributed by atoms with Gasteiger partial charge in [0, 0.05) is 19.3 Å². The largest absolute Gasteiger partial charge is 0.455 e. The summed E-state index contributed by atoms with van der Waals surface area (Å²) < 4.78 is 11.8. The standard InChI is InChI=1S/C18H22N4O3S/c1-26-11-13-2-3-14(25-13)16(23)22-7-5-18(6-8-22)15-12(4-9-24-18)10-20-17(19)21-15/h2-3,10H,4-9,11H2,1H3,(H2,19,20,21). The summed E-state index contributed by atoms with van der Waals surface area (Å²) in [5.74, 6) is 2.20. The molecule has 2 aliphatic rings. The third kappa shape index (κ3) is 3.07. The number of hydrogen-bond acceptors (Lipinski definition) is 7. The number of aromatic nitrogens is 2. The van der Waals surface area contributed by atoms with Crippen LogP contribution < -0.4 is 5.73 Å². The molecule has 0 atom stereocenters. The van der Waals surface area contributed by atoms with Crippen molar-refractivity contribution in [2.45, 2.75) is 30.6 Å². The number of amides is 1. The van der Waals surface area contributed by atoms with Gasteiger partial charge in [-0.25, -0.2) is 9.97 Å². The van der Waals surface area contributed by atoms with E-state index in [2.05, 4.69) is 9.97 Å². The fourth-order valence-corrected chi connectivity index (χ4v) is 4.18. The average molecular weight is 374 g/mol. The third-order valence-corrected chi connectivity index (χ3v) is 5.66. The van der Waals surface area contributed by atoms with Gasteiger partial charge < -0.3 is 19.8 Å². The van der Waals surface area contributed by atoms with Gasteiger partial charge in [0.1, 0.15) is 11.4 Å². The number of furan rings is 1. The number of anilines is 1. The van der Waals surface area contributed by atoms with E-state index >= 15 is 0 Å². The van der Waals surface area contributed by atoms with Gasteiger partial charge in [-0.2, -0.15) is 11.8 Å². The molecule has 1 spiro atoms. The molecular formula is C18H22N4O3S. The van der Waals surface area contributed by atoms with E-state index in [0.29, 0.717) is 38.3 Å². The molecule has 1 fully saturated rings. The number of rotatable bonds is 3. The molecule has 8 heteroatoms. The number of carbonyl (C=O) groups is 1. The molecule has 0 unspecified atom stereocenters. The zero-order valence-corrected chi connectivity index (χ0v) is 15.6. The summed E-state index contributed by atoms with van der Waals surface area (Å²) in [5.41, 5.74) is 7.32. The summed E-state index contributed by atoms with van der Waals surface area (Å²) in [6.07, 6.45) is 5.99. The third-order valence-electron chi connectivity index (χ3n) is 5.08. The number of hydrogen-bond donors (Lipinski definition) is 1. The van der Waals surface area contributed by atoms with Crippen molar-refractivity contribution in [3.63, 3.8) is 0 Å². The molecule has 0 aromatic carbocycles. The quantitative estimate of drug-likeness (QED) is 0.880. The fraction of sp³-hybridized carbons (Fsp3) is 0.500. The van der Waals surface area contributed by atoms with E-state index in [4.69, 9.17) is 14.9 Å². The van der Waals surface area contributed by atoms with E-state index in [1.54, 1.807) is 24.0 Å². The minimum atomic E-state index is -0.464. The molecule has 2 aliphatic heterocycles. The number of likely N-dealkylation sites (tertiary alicyclic amines) is 1. The first-order valence-electron chi connectivity index (χ1n) is 8.74. The minimum Gasteiger partial charge on any atom is -0.455 e. The van der Waals surface area contributed by atoms with Crippen molar-refractivity contribution in [1.82, 2.24) is 14.9 Å². The molecule has 0 radical (unpaired) electrons. The van der Waals surface area contributed by atoms with Crippen LogP contribution in [0.1, 0.15) is 40.4 Å². The van der Waals surface area contributed by atoms with E-state index in [1.165, 1.54) is 0 Å². The molecular weight excluding hydrogens is 352 g/mol. The molecule has 4 heterocycles. The first-order valence-corrected chi connectivity index (χ1v) is 10.1. The maximum atomic E-state index is 12.7. The van der Waals surface area contributed by atoms with Gasteiger partial charge in [0.05, 0.1) is 18.1 Å². The van der Waals surface area contributed by atoms with Crippen molar-refractivity contribution < 1.29 is 13.9 Å². The van der Waals surface area contributed by atoms with Gasteiger partial charge in [0.2, 0.25) is 5.95 Å².